The van der Waals surface area contributed by atoms with Gasteiger partial charge in [-0.3, -0.25) is 14.4 Å². The minimum Gasteiger partial charge on any atom is -0.390 e. The summed E-state index contributed by atoms with van der Waals surface area (Å²) in [5.41, 5.74) is 6.97. The van der Waals surface area contributed by atoms with Crippen LogP contribution < -0.4 is 21.3 Å². The van der Waals surface area contributed by atoms with Crippen LogP contribution >= 0.6 is 11.8 Å². The van der Waals surface area contributed by atoms with Crippen LogP contribution in [-0.2, 0) is 20.8 Å². The Kier molecular flexibility index (Phi) is 9.91. The number of amides is 3. The number of nitrogens with two attached hydrogens (primary N) is 1. The van der Waals surface area contributed by atoms with Crippen molar-refractivity contribution in [2.75, 3.05) is 30.3 Å². The van der Waals surface area contributed by atoms with E-state index < -0.39 is 18.1 Å². The first-order valence-corrected chi connectivity index (χ1v) is 14.0. The van der Waals surface area contributed by atoms with E-state index >= 15 is 0 Å². The van der Waals surface area contributed by atoms with Crippen molar-refractivity contribution in [2.24, 2.45) is 5.73 Å². The van der Waals surface area contributed by atoms with Crippen LogP contribution in [0.4, 0.5) is 10.1 Å². The first kappa shape index (κ1) is 28.5. The van der Waals surface area contributed by atoms with E-state index in [1.807, 2.05) is 42.5 Å². The van der Waals surface area contributed by atoms with Crippen LogP contribution in [0.15, 0.2) is 65.6 Å². The Hall–Kier alpha value is -3.47. The SMILES string of the molecule is NCC(O)CNC(=O)[C@@H](Cc1ccc2ccccc2c1)NC(=O)CCCN1C(=O)CCSc2cc(F)ccc21. The van der Waals surface area contributed by atoms with Gasteiger partial charge < -0.3 is 26.4 Å². The number of benzene rings is 3. The van der Waals surface area contributed by atoms with Crippen molar-refractivity contribution in [1.82, 2.24) is 10.6 Å². The summed E-state index contributed by atoms with van der Waals surface area (Å²) in [6.07, 6.45) is 0.180. The number of rotatable bonds is 11. The van der Waals surface area contributed by atoms with Crippen molar-refractivity contribution in [1.29, 1.82) is 0 Å². The second-order valence-corrected chi connectivity index (χ2v) is 10.6. The lowest BCUT2D eigenvalue weighted by molar-refractivity contribution is -0.129. The van der Waals surface area contributed by atoms with Crippen molar-refractivity contribution in [2.45, 2.75) is 42.7 Å². The Balaban J connectivity index is 1.40. The number of fused-ring (bicyclic) bond motifs is 2. The fourth-order valence-electron chi connectivity index (χ4n) is 4.49. The summed E-state index contributed by atoms with van der Waals surface area (Å²) in [5.74, 6) is -0.604. The van der Waals surface area contributed by atoms with Gasteiger partial charge in [-0.2, -0.15) is 0 Å². The minimum absolute atomic E-state index is 0.00543. The standard InChI is InChI=1S/C29H33FN4O4S/c30-22-9-10-25-26(16-22)39-13-11-28(37)34(25)12-3-6-27(36)33-24(29(38)32-18-23(35)17-31)15-19-7-8-20-4-1-2-5-21(20)14-19/h1-2,4-5,7-10,14,16,23-24,35H,3,6,11-13,15,17-18,31H2,(H,32,38)(H,33,36)/t23?,24-/m1/s1. The first-order valence-electron chi connectivity index (χ1n) is 13.0. The molecule has 8 nitrogen and oxygen atoms in total. The van der Waals surface area contributed by atoms with E-state index in [9.17, 15) is 23.9 Å². The quantitative estimate of drug-likeness (QED) is 0.290. The normalized spacial score (nSPS) is 14.8. The van der Waals surface area contributed by atoms with Gasteiger partial charge in [-0.15, -0.1) is 11.8 Å². The average molecular weight is 553 g/mol. The third-order valence-electron chi connectivity index (χ3n) is 6.56. The van der Waals surface area contributed by atoms with Crippen molar-refractivity contribution in [3.8, 4) is 0 Å². The molecular formula is C29H33FN4O4S. The van der Waals surface area contributed by atoms with Crippen LogP contribution in [-0.4, -0.2) is 60.4 Å². The number of aliphatic hydroxyl groups excluding tert-OH is 1. The molecule has 0 aliphatic carbocycles. The Morgan fingerprint density at radius 2 is 1.90 bits per heavy atom. The number of thioether (sulfide) groups is 1. The fraction of sp³-hybridized carbons (Fsp3) is 0.345. The number of nitrogens with one attached hydrogen (secondary N) is 2. The van der Waals surface area contributed by atoms with E-state index in [1.54, 1.807) is 11.0 Å². The highest BCUT2D eigenvalue weighted by Crippen LogP contribution is 2.35. The van der Waals surface area contributed by atoms with Crippen LogP contribution in [0.2, 0.25) is 0 Å². The molecule has 5 N–H and O–H groups in total. The summed E-state index contributed by atoms with van der Waals surface area (Å²) in [5, 5.41) is 17.3. The number of anilines is 1. The molecule has 10 heteroatoms. The number of halogens is 1. The van der Waals surface area contributed by atoms with Gasteiger partial charge in [0, 0.05) is 49.5 Å². The smallest absolute Gasteiger partial charge is 0.243 e. The third kappa shape index (κ3) is 7.78. The second kappa shape index (κ2) is 13.5. The summed E-state index contributed by atoms with van der Waals surface area (Å²) in [4.78, 5) is 40.9. The van der Waals surface area contributed by atoms with Gasteiger partial charge in [-0.05, 0) is 41.0 Å². The van der Waals surface area contributed by atoms with Gasteiger partial charge in [0.2, 0.25) is 17.7 Å². The Labute approximate surface area is 231 Å². The third-order valence-corrected chi connectivity index (χ3v) is 7.61. The zero-order chi connectivity index (χ0) is 27.8. The molecule has 3 amide bonds. The second-order valence-electron chi connectivity index (χ2n) is 9.50. The summed E-state index contributed by atoms with van der Waals surface area (Å²) in [6, 6.07) is 17.3. The average Bonchev–Trinajstić information content (AvgIpc) is 3.08. The Bertz CT molecular complexity index is 1340. The van der Waals surface area contributed by atoms with E-state index in [1.165, 1.54) is 23.9 Å². The predicted molar refractivity (Wildman–Crippen MR) is 151 cm³/mol. The molecule has 1 aliphatic heterocycles. The number of aliphatic hydroxyl groups is 1. The van der Waals surface area contributed by atoms with Crippen LogP contribution in [0, 0.1) is 5.82 Å². The molecule has 0 spiro atoms. The number of hydrogen-bond donors (Lipinski definition) is 4. The molecule has 1 heterocycles. The molecule has 1 aliphatic rings. The minimum atomic E-state index is -0.883. The molecule has 1 unspecified atom stereocenters. The van der Waals surface area contributed by atoms with Gasteiger partial charge in [-0.1, -0.05) is 42.5 Å². The van der Waals surface area contributed by atoms with Gasteiger partial charge in [-0.25, -0.2) is 4.39 Å². The maximum absolute atomic E-state index is 13.7. The van der Waals surface area contributed by atoms with E-state index in [2.05, 4.69) is 10.6 Å². The summed E-state index contributed by atoms with van der Waals surface area (Å²) >= 11 is 1.44. The largest absolute Gasteiger partial charge is 0.390 e. The lowest BCUT2D eigenvalue weighted by atomic mass is 10.0. The fourth-order valence-corrected chi connectivity index (χ4v) is 5.51. The summed E-state index contributed by atoms with van der Waals surface area (Å²) < 4.78 is 13.7. The van der Waals surface area contributed by atoms with Gasteiger partial charge >= 0.3 is 0 Å². The van der Waals surface area contributed by atoms with Crippen molar-refractivity contribution >= 4 is 45.9 Å². The van der Waals surface area contributed by atoms with Crippen LogP contribution in [0.1, 0.15) is 24.8 Å². The molecule has 0 aromatic heterocycles. The monoisotopic (exact) mass is 552 g/mol. The van der Waals surface area contributed by atoms with Gasteiger partial charge in [0.1, 0.15) is 11.9 Å². The van der Waals surface area contributed by atoms with E-state index in [-0.39, 0.29) is 43.6 Å². The molecule has 0 saturated heterocycles. The molecule has 206 valence electrons. The highest BCUT2D eigenvalue weighted by atomic mass is 32.2. The summed E-state index contributed by atoms with van der Waals surface area (Å²) in [6.45, 7) is 0.287. The van der Waals surface area contributed by atoms with Gasteiger partial charge in [0.05, 0.1) is 11.8 Å². The lowest BCUT2D eigenvalue weighted by Gasteiger charge is -2.23. The lowest BCUT2D eigenvalue weighted by Crippen LogP contribution is -2.50. The highest BCUT2D eigenvalue weighted by Gasteiger charge is 2.25. The maximum atomic E-state index is 13.7. The molecule has 2 atom stereocenters. The molecule has 39 heavy (non-hydrogen) atoms. The van der Waals surface area contributed by atoms with Crippen LogP contribution in [0.25, 0.3) is 10.8 Å². The van der Waals surface area contributed by atoms with Crippen LogP contribution in [0.5, 0.6) is 0 Å². The predicted octanol–water partition coefficient (Wildman–Crippen LogP) is 2.75. The molecule has 0 radical (unpaired) electrons. The first-order chi connectivity index (χ1) is 18.8. The molecule has 0 bridgehead atoms. The van der Waals surface area contributed by atoms with Gasteiger partial charge in [0.25, 0.3) is 0 Å². The number of nitrogens with zero attached hydrogens (tertiary/aromatic N) is 1. The number of hydrogen-bond acceptors (Lipinski definition) is 6. The molecule has 3 aromatic carbocycles. The van der Waals surface area contributed by atoms with Crippen molar-refractivity contribution in [3.63, 3.8) is 0 Å². The zero-order valence-electron chi connectivity index (χ0n) is 21.6. The topological polar surface area (TPSA) is 125 Å². The molecule has 0 fully saturated rings. The maximum Gasteiger partial charge on any atom is 0.243 e. The van der Waals surface area contributed by atoms with Gasteiger partial charge in [0.15, 0.2) is 0 Å². The van der Waals surface area contributed by atoms with Crippen molar-refractivity contribution < 1.29 is 23.9 Å². The van der Waals surface area contributed by atoms with Crippen LogP contribution in [0.3, 0.4) is 0 Å². The number of carbonyl (C=O) groups excluding carboxylic acids is 3. The molecule has 0 saturated carbocycles. The van der Waals surface area contributed by atoms with E-state index in [0.717, 1.165) is 16.3 Å². The number of carbonyl (C=O) groups is 3. The molecular weight excluding hydrogens is 519 g/mol. The molecule has 4 rings (SSSR count). The van der Waals surface area contributed by atoms with E-state index in [4.69, 9.17) is 5.73 Å². The highest BCUT2D eigenvalue weighted by molar-refractivity contribution is 7.99. The van der Waals surface area contributed by atoms with E-state index in [0.29, 0.717) is 35.7 Å². The Morgan fingerprint density at radius 1 is 1.10 bits per heavy atom. The van der Waals surface area contributed by atoms with Crippen molar-refractivity contribution in [3.05, 3.63) is 72.0 Å². The summed E-state index contributed by atoms with van der Waals surface area (Å²) in [7, 11) is 0. The Morgan fingerprint density at radius 3 is 2.69 bits per heavy atom. The molecule has 3 aromatic rings. The zero-order valence-corrected chi connectivity index (χ0v) is 22.4.